The fourth-order valence-electron chi connectivity index (χ4n) is 2.28. The molecule has 1 amide bonds. The van der Waals surface area contributed by atoms with E-state index in [1.165, 1.54) is 0 Å². The van der Waals surface area contributed by atoms with Crippen LogP contribution in [0.4, 0.5) is 0 Å². The second kappa shape index (κ2) is 11.6. The summed E-state index contributed by atoms with van der Waals surface area (Å²) in [7, 11) is 1.84. The molecule has 2 rings (SSSR count). The van der Waals surface area contributed by atoms with Crippen LogP contribution in [-0.2, 0) is 16.1 Å². The molecule has 2 N–H and O–H groups in total. The first-order valence-corrected chi connectivity index (χ1v) is 7.90. The molecular weight excluding hydrogens is 324 g/mol. The van der Waals surface area contributed by atoms with Crippen LogP contribution in [0.3, 0.4) is 0 Å². The van der Waals surface area contributed by atoms with Crippen LogP contribution in [0.2, 0.25) is 0 Å². The Balaban J connectivity index is 0.00000288. The van der Waals surface area contributed by atoms with E-state index in [-0.39, 0.29) is 24.4 Å². The molecule has 5 heteroatoms. The smallest absolute Gasteiger partial charge is 0.221 e. The van der Waals surface area contributed by atoms with Gasteiger partial charge in [0.2, 0.25) is 5.91 Å². The summed E-state index contributed by atoms with van der Waals surface area (Å²) in [6.07, 6.45) is 0.457. The Labute approximate surface area is 150 Å². The third-order valence-electron chi connectivity index (χ3n) is 3.54. The Kier molecular flexibility index (Phi) is 9.77. The van der Waals surface area contributed by atoms with E-state index in [1.807, 2.05) is 67.7 Å². The molecule has 0 heterocycles. The Bertz CT molecular complexity index is 578. The summed E-state index contributed by atoms with van der Waals surface area (Å²) in [5.74, 6) is 0.0246. The monoisotopic (exact) mass is 348 g/mol. The van der Waals surface area contributed by atoms with Crippen molar-refractivity contribution in [3.63, 3.8) is 0 Å². The van der Waals surface area contributed by atoms with Gasteiger partial charge in [0.05, 0.1) is 19.3 Å². The van der Waals surface area contributed by atoms with Crippen molar-refractivity contribution in [3.8, 4) is 0 Å². The summed E-state index contributed by atoms with van der Waals surface area (Å²) in [5.41, 5.74) is 2.18. The number of nitrogens with one attached hydrogen (secondary N) is 2. The summed E-state index contributed by atoms with van der Waals surface area (Å²) in [6, 6.07) is 19.8. The maximum atomic E-state index is 12.0. The van der Waals surface area contributed by atoms with E-state index in [2.05, 4.69) is 10.6 Å². The molecule has 0 aliphatic carbocycles. The van der Waals surface area contributed by atoms with Gasteiger partial charge in [-0.05, 0) is 18.2 Å². The van der Waals surface area contributed by atoms with Crippen LogP contribution < -0.4 is 10.6 Å². The maximum absolute atomic E-state index is 12.0. The molecule has 0 radical (unpaired) electrons. The highest BCUT2D eigenvalue weighted by molar-refractivity contribution is 5.85. The van der Waals surface area contributed by atoms with Gasteiger partial charge in [0.25, 0.3) is 0 Å². The second-order valence-electron chi connectivity index (χ2n) is 5.39. The Hall–Kier alpha value is -1.88. The molecule has 1 atom stereocenters. The van der Waals surface area contributed by atoms with Gasteiger partial charge < -0.3 is 15.4 Å². The zero-order valence-electron chi connectivity index (χ0n) is 13.9. The Morgan fingerprint density at radius 1 is 1.04 bits per heavy atom. The molecule has 2 aromatic carbocycles. The first-order chi connectivity index (χ1) is 11.3. The SMILES string of the molecule is CNCCC(=O)NC(COCc1ccccc1)c1ccccc1.Cl. The standard InChI is InChI=1S/C19H24N2O2.ClH/c1-20-13-12-19(22)21-18(17-10-6-3-7-11-17)15-23-14-16-8-4-2-5-9-16;/h2-11,18,20H,12-15H2,1H3,(H,21,22);1H. The van der Waals surface area contributed by atoms with Gasteiger partial charge in [0.1, 0.15) is 0 Å². The predicted octanol–water partition coefficient (Wildman–Crippen LogP) is 3.09. The zero-order valence-corrected chi connectivity index (χ0v) is 14.7. The van der Waals surface area contributed by atoms with Gasteiger partial charge in [-0.15, -0.1) is 12.4 Å². The lowest BCUT2D eigenvalue weighted by atomic mass is 10.1. The van der Waals surface area contributed by atoms with Gasteiger partial charge in [-0.3, -0.25) is 4.79 Å². The van der Waals surface area contributed by atoms with Crippen LogP contribution in [0.1, 0.15) is 23.6 Å². The molecule has 0 aliphatic heterocycles. The van der Waals surface area contributed by atoms with Gasteiger partial charge in [-0.1, -0.05) is 60.7 Å². The fraction of sp³-hybridized carbons (Fsp3) is 0.316. The number of hydrogen-bond acceptors (Lipinski definition) is 3. The molecule has 0 aromatic heterocycles. The third-order valence-corrected chi connectivity index (χ3v) is 3.54. The quantitative estimate of drug-likeness (QED) is 0.732. The lowest BCUT2D eigenvalue weighted by Crippen LogP contribution is -2.33. The normalized spacial score (nSPS) is 11.4. The average molecular weight is 349 g/mol. The highest BCUT2D eigenvalue weighted by Gasteiger charge is 2.14. The summed E-state index contributed by atoms with van der Waals surface area (Å²) in [5, 5.41) is 6.03. The first kappa shape index (κ1) is 20.2. The van der Waals surface area contributed by atoms with Crippen molar-refractivity contribution in [3.05, 3.63) is 71.8 Å². The number of carbonyl (C=O) groups excluding carboxylic acids is 1. The van der Waals surface area contributed by atoms with Crippen LogP contribution in [0.25, 0.3) is 0 Å². The molecule has 0 saturated carbocycles. The number of hydrogen-bond donors (Lipinski definition) is 2. The highest BCUT2D eigenvalue weighted by atomic mass is 35.5. The zero-order chi connectivity index (χ0) is 16.3. The number of halogens is 1. The summed E-state index contributed by atoms with van der Waals surface area (Å²) >= 11 is 0. The van der Waals surface area contributed by atoms with E-state index in [4.69, 9.17) is 4.74 Å². The molecular formula is C19H25ClN2O2. The second-order valence-corrected chi connectivity index (χ2v) is 5.39. The molecule has 0 aliphatic rings. The van der Waals surface area contributed by atoms with Crippen molar-refractivity contribution in [2.45, 2.75) is 19.1 Å². The van der Waals surface area contributed by atoms with Crippen LogP contribution >= 0.6 is 12.4 Å². The van der Waals surface area contributed by atoms with Crippen molar-refractivity contribution >= 4 is 18.3 Å². The molecule has 0 bridgehead atoms. The van der Waals surface area contributed by atoms with Crippen molar-refractivity contribution in [2.75, 3.05) is 20.2 Å². The van der Waals surface area contributed by atoms with Gasteiger partial charge in [0, 0.05) is 13.0 Å². The first-order valence-electron chi connectivity index (χ1n) is 7.90. The fourth-order valence-corrected chi connectivity index (χ4v) is 2.28. The number of carbonyl (C=O) groups is 1. The number of amides is 1. The van der Waals surface area contributed by atoms with Crippen LogP contribution in [0.5, 0.6) is 0 Å². The molecule has 24 heavy (non-hydrogen) atoms. The molecule has 0 spiro atoms. The van der Waals surface area contributed by atoms with Crippen molar-refractivity contribution in [1.29, 1.82) is 0 Å². The van der Waals surface area contributed by atoms with E-state index in [9.17, 15) is 4.79 Å². The Morgan fingerprint density at radius 3 is 2.29 bits per heavy atom. The number of benzene rings is 2. The number of ether oxygens (including phenoxy) is 1. The largest absolute Gasteiger partial charge is 0.374 e. The van der Waals surface area contributed by atoms with E-state index in [0.29, 0.717) is 26.2 Å². The lowest BCUT2D eigenvalue weighted by Gasteiger charge is -2.19. The minimum Gasteiger partial charge on any atom is -0.374 e. The predicted molar refractivity (Wildman–Crippen MR) is 99.2 cm³/mol. The summed E-state index contributed by atoms with van der Waals surface area (Å²) < 4.78 is 5.81. The molecule has 4 nitrogen and oxygen atoms in total. The van der Waals surface area contributed by atoms with Gasteiger partial charge in [0.15, 0.2) is 0 Å². The molecule has 1 unspecified atom stereocenters. The highest BCUT2D eigenvalue weighted by Crippen LogP contribution is 2.14. The number of rotatable bonds is 9. The lowest BCUT2D eigenvalue weighted by molar-refractivity contribution is -0.122. The third kappa shape index (κ3) is 7.13. The average Bonchev–Trinajstić information content (AvgIpc) is 2.61. The van der Waals surface area contributed by atoms with E-state index in [1.54, 1.807) is 0 Å². The summed E-state index contributed by atoms with van der Waals surface area (Å²) in [4.78, 5) is 12.0. The molecule has 0 fully saturated rings. The molecule has 0 saturated heterocycles. The van der Waals surface area contributed by atoms with E-state index in [0.717, 1.165) is 11.1 Å². The minimum absolute atomic E-state index is 0. The summed E-state index contributed by atoms with van der Waals surface area (Å²) in [6.45, 7) is 1.65. The van der Waals surface area contributed by atoms with Crippen LogP contribution in [-0.4, -0.2) is 26.1 Å². The van der Waals surface area contributed by atoms with Crippen molar-refractivity contribution in [2.24, 2.45) is 0 Å². The maximum Gasteiger partial charge on any atom is 0.221 e. The van der Waals surface area contributed by atoms with Crippen LogP contribution in [0.15, 0.2) is 60.7 Å². The van der Waals surface area contributed by atoms with Crippen LogP contribution in [0, 0.1) is 0 Å². The van der Waals surface area contributed by atoms with Crippen molar-refractivity contribution in [1.82, 2.24) is 10.6 Å². The topological polar surface area (TPSA) is 50.4 Å². The van der Waals surface area contributed by atoms with Gasteiger partial charge >= 0.3 is 0 Å². The van der Waals surface area contributed by atoms with Gasteiger partial charge in [-0.25, -0.2) is 0 Å². The Morgan fingerprint density at radius 2 is 1.67 bits per heavy atom. The minimum atomic E-state index is -0.135. The van der Waals surface area contributed by atoms with E-state index >= 15 is 0 Å². The van der Waals surface area contributed by atoms with Crippen molar-refractivity contribution < 1.29 is 9.53 Å². The molecule has 2 aromatic rings. The van der Waals surface area contributed by atoms with Gasteiger partial charge in [-0.2, -0.15) is 0 Å². The molecule has 130 valence electrons. The van der Waals surface area contributed by atoms with E-state index < -0.39 is 0 Å².